The Hall–Kier alpha value is -0.760. The van der Waals surface area contributed by atoms with Crippen molar-refractivity contribution in [3.05, 3.63) is 12.2 Å². The maximum absolute atomic E-state index is 12.5. The van der Waals surface area contributed by atoms with E-state index in [1.807, 2.05) is 21.1 Å². The van der Waals surface area contributed by atoms with Crippen LogP contribution in [0.5, 0.6) is 0 Å². The van der Waals surface area contributed by atoms with Gasteiger partial charge in [-0.1, -0.05) is 122 Å². The van der Waals surface area contributed by atoms with E-state index in [4.69, 9.17) is 18.5 Å². The summed E-state index contributed by atoms with van der Waals surface area (Å²) in [6.07, 6.45) is 28.0. The molecule has 0 radical (unpaired) electrons. The van der Waals surface area contributed by atoms with E-state index in [1.54, 1.807) is 0 Å². The molecule has 0 rings (SSSR count). The quantitative estimate of drug-likeness (QED) is 0.0249. The molecule has 262 valence electrons. The maximum Gasteiger partial charge on any atom is 0.472 e. The number of ether oxygens (including phenoxy) is 2. The van der Waals surface area contributed by atoms with Crippen molar-refractivity contribution in [2.75, 3.05) is 54.1 Å². The van der Waals surface area contributed by atoms with Gasteiger partial charge >= 0.3 is 13.8 Å². The Kier molecular flexibility index (Phi) is 29.1. The van der Waals surface area contributed by atoms with E-state index in [9.17, 15) is 14.3 Å². The first-order chi connectivity index (χ1) is 21.1. The zero-order valence-electron chi connectivity index (χ0n) is 29.4. The number of hydrogen-bond donors (Lipinski definition) is 1. The maximum atomic E-state index is 12.5. The highest BCUT2D eigenvalue weighted by molar-refractivity contribution is 7.47. The minimum atomic E-state index is -4.26. The zero-order chi connectivity index (χ0) is 32.8. The molecule has 0 saturated carbocycles. The van der Waals surface area contributed by atoms with Gasteiger partial charge in [-0.2, -0.15) is 0 Å². The molecule has 0 spiro atoms. The molecule has 9 heteroatoms. The van der Waals surface area contributed by atoms with Crippen molar-refractivity contribution in [3.63, 3.8) is 0 Å². The molecule has 2 unspecified atom stereocenters. The Balaban J connectivity index is 4.34. The summed E-state index contributed by atoms with van der Waals surface area (Å²) in [5.74, 6) is -0.325. The number of esters is 1. The molecule has 0 aliphatic heterocycles. The molecule has 0 fully saturated rings. The van der Waals surface area contributed by atoms with Crippen LogP contribution in [0.2, 0.25) is 0 Å². The average molecular weight is 649 g/mol. The molecule has 0 aromatic rings. The highest BCUT2D eigenvalue weighted by atomic mass is 31.2. The van der Waals surface area contributed by atoms with Crippen molar-refractivity contribution >= 4 is 13.8 Å². The third-order valence-corrected chi connectivity index (χ3v) is 8.56. The molecular formula is C35H71NO7P+. The van der Waals surface area contributed by atoms with Crippen LogP contribution < -0.4 is 0 Å². The number of unbranched alkanes of at least 4 members (excludes halogenated alkanes) is 17. The highest BCUT2D eigenvalue weighted by Crippen LogP contribution is 2.43. The van der Waals surface area contributed by atoms with Gasteiger partial charge in [-0.05, 0) is 32.1 Å². The number of likely N-dealkylation sites (N-methyl/N-ethyl adjacent to an activating group) is 1. The van der Waals surface area contributed by atoms with Gasteiger partial charge in [0.1, 0.15) is 19.3 Å². The summed E-state index contributed by atoms with van der Waals surface area (Å²) in [7, 11) is 1.67. The van der Waals surface area contributed by atoms with E-state index in [0.717, 1.165) is 44.9 Å². The van der Waals surface area contributed by atoms with Gasteiger partial charge in [0, 0.05) is 13.0 Å². The third-order valence-electron chi connectivity index (χ3n) is 7.58. The summed E-state index contributed by atoms with van der Waals surface area (Å²) in [6, 6.07) is 0. The fourth-order valence-electron chi connectivity index (χ4n) is 4.71. The van der Waals surface area contributed by atoms with Gasteiger partial charge in [0.2, 0.25) is 0 Å². The first-order valence-electron chi connectivity index (χ1n) is 17.9. The number of allylic oxidation sites excluding steroid dienone is 2. The Morgan fingerprint density at radius 3 is 1.80 bits per heavy atom. The lowest BCUT2D eigenvalue weighted by atomic mass is 10.1. The Labute approximate surface area is 271 Å². The lowest BCUT2D eigenvalue weighted by molar-refractivity contribution is -0.870. The normalized spacial score (nSPS) is 14.2. The monoisotopic (exact) mass is 648 g/mol. The molecule has 1 N–H and O–H groups in total. The van der Waals surface area contributed by atoms with Crippen molar-refractivity contribution in [2.45, 2.75) is 155 Å². The molecule has 2 atom stereocenters. The molecule has 0 aliphatic rings. The summed E-state index contributed by atoms with van der Waals surface area (Å²) in [4.78, 5) is 22.7. The number of phosphoric acid groups is 1. The summed E-state index contributed by atoms with van der Waals surface area (Å²) in [5, 5.41) is 0. The second kappa shape index (κ2) is 29.6. The highest BCUT2D eigenvalue weighted by Gasteiger charge is 2.26. The molecule has 0 bridgehead atoms. The van der Waals surface area contributed by atoms with Gasteiger partial charge in [-0.15, -0.1) is 0 Å². The van der Waals surface area contributed by atoms with Crippen LogP contribution in [0.3, 0.4) is 0 Å². The van der Waals surface area contributed by atoms with Crippen LogP contribution in [-0.2, 0) is 27.9 Å². The van der Waals surface area contributed by atoms with E-state index in [0.29, 0.717) is 24.1 Å². The van der Waals surface area contributed by atoms with Gasteiger partial charge in [0.15, 0.2) is 0 Å². The van der Waals surface area contributed by atoms with Gasteiger partial charge in [-0.3, -0.25) is 13.8 Å². The van der Waals surface area contributed by atoms with Gasteiger partial charge in [0.05, 0.1) is 34.4 Å². The number of nitrogens with zero attached hydrogens (tertiary/aromatic N) is 1. The smallest absolute Gasteiger partial charge is 0.457 e. The van der Waals surface area contributed by atoms with Crippen LogP contribution in [0.25, 0.3) is 0 Å². The molecule has 0 saturated heterocycles. The first-order valence-corrected chi connectivity index (χ1v) is 19.4. The summed E-state index contributed by atoms with van der Waals surface area (Å²) in [6.45, 7) is 5.57. The number of quaternary nitrogens is 1. The second-order valence-electron chi connectivity index (χ2n) is 13.3. The number of carbonyl (C=O) groups is 1. The third kappa shape index (κ3) is 32.6. The van der Waals surface area contributed by atoms with Gasteiger partial charge in [-0.25, -0.2) is 4.57 Å². The Bertz CT molecular complexity index is 726. The van der Waals surface area contributed by atoms with Crippen LogP contribution in [0, 0.1) is 0 Å². The SMILES string of the molecule is CCCC/C=C\CCCCCCCC(=O)OC(COCCCCCCCCCCCCC)COP(=O)(O)OCC[N+](C)(C)C. The molecule has 0 heterocycles. The molecule has 8 nitrogen and oxygen atoms in total. The topological polar surface area (TPSA) is 91.3 Å². The fourth-order valence-corrected chi connectivity index (χ4v) is 5.45. The van der Waals surface area contributed by atoms with Crippen LogP contribution in [0.1, 0.15) is 149 Å². The first kappa shape index (κ1) is 43.2. The minimum Gasteiger partial charge on any atom is -0.457 e. The second-order valence-corrected chi connectivity index (χ2v) is 14.7. The van der Waals surface area contributed by atoms with E-state index >= 15 is 0 Å². The van der Waals surface area contributed by atoms with Crippen LogP contribution in [0.15, 0.2) is 12.2 Å². The largest absolute Gasteiger partial charge is 0.472 e. The van der Waals surface area contributed by atoms with Crippen molar-refractivity contribution in [3.8, 4) is 0 Å². The molecule has 0 aromatic heterocycles. The summed E-state index contributed by atoms with van der Waals surface area (Å²) in [5.41, 5.74) is 0. The molecule has 0 amide bonds. The van der Waals surface area contributed by atoms with E-state index in [-0.39, 0.29) is 25.8 Å². The van der Waals surface area contributed by atoms with Crippen LogP contribution in [-0.4, -0.2) is 75.6 Å². The van der Waals surface area contributed by atoms with Crippen molar-refractivity contribution in [1.29, 1.82) is 0 Å². The Morgan fingerprint density at radius 1 is 0.682 bits per heavy atom. The number of rotatable bonds is 33. The van der Waals surface area contributed by atoms with Gasteiger partial charge in [0.25, 0.3) is 0 Å². The van der Waals surface area contributed by atoms with Crippen molar-refractivity contribution in [1.82, 2.24) is 0 Å². The van der Waals surface area contributed by atoms with Crippen LogP contribution in [0.4, 0.5) is 0 Å². The van der Waals surface area contributed by atoms with E-state index in [1.165, 1.54) is 83.5 Å². The molecule has 0 aliphatic carbocycles. The predicted octanol–water partition coefficient (Wildman–Crippen LogP) is 9.54. The van der Waals surface area contributed by atoms with Gasteiger partial charge < -0.3 is 18.9 Å². The van der Waals surface area contributed by atoms with Crippen molar-refractivity contribution in [2.24, 2.45) is 0 Å². The van der Waals surface area contributed by atoms with E-state index in [2.05, 4.69) is 26.0 Å². The van der Waals surface area contributed by atoms with Crippen molar-refractivity contribution < 1.29 is 37.3 Å². The molecule has 44 heavy (non-hydrogen) atoms. The zero-order valence-corrected chi connectivity index (χ0v) is 30.3. The molecule has 0 aromatic carbocycles. The lowest BCUT2D eigenvalue weighted by Crippen LogP contribution is -2.37. The predicted molar refractivity (Wildman–Crippen MR) is 183 cm³/mol. The molecular weight excluding hydrogens is 577 g/mol. The van der Waals surface area contributed by atoms with E-state index < -0.39 is 13.9 Å². The Morgan fingerprint density at radius 2 is 1.20 bits per heavy atom. The average Bonchev–Trinajstić information content (AvgIpc) is 2.96. The fraction of sp³-hybridized carbons (Fsp3) is 0.914. The number of hydrogen-bond acceptors (Lipinski definition) is 6. The summed E-state index contributed by atoms with van der Waals surface area (Å²) < 4.78 is 34.7. The standard InChI is InChI=1S/C35H70NO7P/c1-6-8-10-12-14-16-18-20-22-24-26-28-35(37)43-34(33-42-44(38,39)41-31-29-36(3,4)5)32-40-30-27-25-23-21-19-17-15-13-11-9-7-2/h12,14,34H,6-11,13,15-33H2,1-5H3/p+1/b14-12-. The number of carbonyl (C=O) groups excluding carboxylic acids is 1. The minimum absolute atomic E-state index is 0.0895. The number of phosphoric ester groups is 1. The lowest BCUT2D eigenvalue weighted by Gasteiger charge is -2.24. The summed E-state index contributed by atoms with van der Waals surface area (Å²) >= 11 is 0. The van der Waals surface area contributed by atoms with Crippen LogP contribution >= 0.6 is 7.82 Å².